The van der Waals surface area contributed by atoms with E-state index in [-0.39, 0.29) is 35.5 Å². The molecule has 4 rings (SSSR count). The van der Waals surface area contributed by atoms with Crippen LogP contribution in [-0.2, 0) is 32.6 Å². The summed E-state index contributed by atoms with van der Waals surface area (Å²) < 4.78 is 29.2. The first kappa shape index (κ1) is 33.1. The van der Waals surface area contributed by atoms with Gasteiger partial charge in [0, 0.05) is 29.1 Å². The number of benzene rings is 4. The molecule has 0 fully saturated rings. The number of aryl methyl sites for hydroxylation is 1. The maximum Gasteiger partial charge on any atom is 0.264 e. The Morgan fingerprint density at radius 3 is 2.07 bits per heavy atom. The molecule has 0 radical (unpaired) electrons. The van der Waals surface area contributed by atoms with Crippen LogP contribution in [0.2, 0.25) is 10.0 Å². The fraction of sp³-hybridized carbons (Fsp3) is 0.235. The van der Waals surface area contributed by atoms with Crippen LogP contribution in [0.3, 0.4) is 0 Å². The molecular formula is C34H35Cl2N3O4S. The third-order valence-corrected chi connectivity index (χ3v) is 9.23. The number of carbonyl (C=O) groups excluding carboxylic acids is 2. The van der Waals surface area contributed by atoms with Gasteiger partial charge in [0.15, 0.2) is 0 Å². The number of nitrogens with zero attached hydrogens (tertiary/aromatic N) is 2. The average Bonchev–Trinajstić information content (AvgIpc) is 2.98. The molecule has 0 aliphatic rings. The second-order valence-electron chi connectivity index (χ2n) is 10.8. The highest BCUT2D eigenvalue weighted by atomic mass is 35.5. The summed E-state index contributed by atoms with van der Waals surface area (Å²) in [6, 6.07) is 28.0. The van der Waals surface area contributed by atoms with Crippen LogP contribution in [0, 0.1) is 6.92 Å². The maximum absolute atomic E-state index is 14.4. The molecule has 1 N–H and O–H groups in total. The van der Waals surface area contributed by atoms with Gasteiger partial charge < -0.3 is 10.2 Å². The van der Waals surface area contributed by atoms with Gasteiger partial charge in [-0.15, -0.1) is 0 Å². The average molecular weight is 653 g/mol. The molecular weight excluding hydrogens is 617 g/mol. The van der Waals surface area contributed by atoms with E-state index in [1.54, 1.807) is 54.6 Å². The number of hydrogen-bond donors (Lipinski definition) is 1. The van der Waals surface area contributed by atoms with Gasteiger partial charge in [0.2, 0.25) is 11.8 Å². The molecule has 44 heavy (non-hydrogen) atoms. The van der Waals surface area contributed by atoms with Crippen molar-refractivity contribution >= 4 is 50.7 Å². The van der Waals surface area contributed by atoms with E-state index in [9.17, 15) is 18.0 Å². The topological polar surface area (TPSA) is 86.8 Å². The number of amides is 2. The van der Waals surface area contributed by atoms with Crippen LogP contribution in [0.15, 0.2) is 108 Å². The zero-order valence-corrected chi connectivity index (χ0v) is 27.1. The highest BCUT2D eigenvalue weighted by Crippen LogP contribution is 2.27. The Kier molecular flexibility index (Phi) is 11.1. The smallest absolute Gasteiger partial charge is 0.264 e. The van der Waals surface area contributed by atoms with Gasteiger partial charge in [0.25, 0.3) is 10.0 Å². The molecule has 0 aromatic heterocycles. The fourth-order valence-corrected chi connectivity index (χ4v) is 6.44. The van der Waals surface area contributed by atoms with E-state index >= 15 is 0 Å². The van der Waals surface area contributed by atoms with Crippen molar-refractivity contribution in [3.05, 3.63) is 130 Å². The molecule has 4 aromatic carbocycles. The molecule has 7 nitrogen and oxygen atoms in total. The van der Waals surface area contributed by atoms with Crippen molar-refractivity contribution in [2.75, 3.05) is 10.8 Å². The summed E-state index contributed by atoms with van der Waals surface area (Å²) in [6.07, 6.45) is 0.223. The van der Waals surface area contributed by atoms with Crippen LogP contribution in [0.25, 0.3) is 0 Å². The van der Waals surface area contributed by atoms with Crippen LogP contribution >= 0.6 is 23.2 Å². The van der Waals surface area contributed by atoms with Crippen LogP contribution in [0.1, 0.15) is 30.5 Å². The number of hydrogen-bond acceptors (Lipinski definition) is 4. The molecule has 0 aliphatic carbocycles. The molecule has 0 bridgehead atoms. The Bertz CT molecular complexity index is 1680. The van der Waals surface area contributed by atoms with Crippen LogP contribution in [0.5, 0.6) is 0 Å². The molecule has 4 aromatic rings. The molecule has 0 saturated heterocycles. The lowest BCUT2D eigenvalue weighted by Gasteiger charge is -2.34. The lowest BCUT2D eigenvalue weighted by molar-refractivity contribution is -0.140. The lowest BCUT2D eigenvalue weighted by Crippen LogP contribution is -2.54. The number of carbonyl (C=O) groups is 2. The van der Waals surface area contributed by atoms with Gasteiger partial charge >= 0.3 is 0 Å². The molecule has 10 heteroatoms. The van der Waals surface area contributed by atoms with Gasteiger partial charge in [-0.1, -0.05) is 89.4 Å². The van der Waals surface area contributed by atoms with Gasteiger partial charge in [-0.25, -0.2) is 8.42 Å². The van der Waals surface area contributed by atoms with Crippen molar-refractivity contribution in [3.8, 4) is 0 Å². The monoisotopic (exact) mass is 651 g/mol. The van der Waals surface area contributed by atoms with E-state index in [2.05, 4.69) is 5.32 Å². The number of rotatable bonds is 12. The predicted molar refractivity (Wildman–Crippen MR) is 176 cm³/mol. The summed E-state index contributed by atoms with van der Waals surface area (Å²) in [7, 11) is -4.21. The molecule has 0 heterocycles. The van der Waals surface area contributed by atoms with Gasteiger partial charge in [-0.2, -0.15) is 0 Å². The van der Waals surface area contributed by atoms with Crippen molar-refractivity contribution in [1.29, 1.82) is 0 Å². The molecule has 2 amide bonds. The maximum atomic E-state index is 14.4. The fourth-order valence-electron chi connectivity index (χ4n) is 4.72. The summed E-state index contributed by atoms with van der Waals surface area (Å²) in [4.78, 5) is 29.6. The summed E-state index contributed by atoms with van der Waals surface area (Å²) >= 11 is 12.4. The quantitative estimate of drug-likeness (QED) is 0.186. The number of anilines is 1. The highest BCUT2D eigenvalue weighted by molar-refractivity contribution is 7.92. The van der Waals surface area contributed by atoms with E-state index in [0.717, 1.165) is 21.0 Å². The third kappa shape index (κ3) is 8.62. The summed E-state index contributed by atoms with van der Waals surface area (Å²) in [5.74, 6) is -0.905. The van der Waals surface area contributed by atoms with Gasteiger partial charge in [0.1, 0.15) is 12.6 Å². The SMILES string of the molecule is Cc1ccc(S(=O)(=O)N(CC(=O)N(Cc2ccc(Cl)cc2)[C@@H](Cc2ccccc2)C(=O)NC(C)C)c2cccc(Cl)c2)cc1. The first-order valence-corrected chi connectivity index (χ1v) is 16.4. The Morgan fingerprint density at radius 1 is 0.795 bits per heavy atom. The van der Waals surface area contributed by atoms with Gasteiger partial charge in [0.05, 0.1) is 10.6 Å². The summed E-state index contributed by atoms with van der Waals surface area (Å²) in [5.41, 5.74) is 2.70. The van der Waals surface area contributed by atoms with E-state index in [1.165, 1.54) is 23.1 Å². The molecule has 230 valence electrons. The summed E-state index contributed by atoms with van der Waals surface area (Å²) in [6.45, 7) is 5.03. The van der Waals surface area contributed by atoms with E-state index in [4.69, 9.17) is 23.2 Å². The molecule has 0 saturated carbocycles. The van der Waals surface area contributed by atoms with Crippen molar-refractivity contribution < 1.29 is 18.0 Å². The van der Waals surface area contributed by atoms with Crippen molar-refractivity contribution in [2.45, 2.75) is 50.7 Å². The van der Waals surface area contributed by atoms with Crippen molar-refractivity contribution in [3.63, 3.8) is 0 Å². The van der Waals surface area contributed by atoms with Crippen LogP contribution in [-0.4, -0.2) is 43.8 Å². The largest absolute Gasteiger partial charge is 0.352 e. The first-order valence-electron chi connectivity index (χ1n) is 14.2. The predicted octanol–water partition coefficient (Wildman–Crippen LogP) is 6.66. The van der Waals surface area contributed by atoms with E-state index in [0.29, 0.717) is 10.0 Å². The third-order valence-electron chi connectivity index (χ3n) is 6.95. The molecule has 1 atom stereocenters. The minimum Gasteiger partial charge on any atom is -0.352 e. The zero-order valence-electron chi connectivity index (χ0n) is 24.8. The second-order valence-corrected chi connectivity index (χ2v) is 13.6. The number of nitrogens with one attached hydrogen (secondary N) is 1. The minimum absolute atomic E-state index is 0.0264. The van der Waals surface area contributed by atoms with Crippen molar-refractivity contribution in [1.82, 2.24) is 10.2 Å². The minimum atomic E-state index is -4.21. The number of sulfonamides is 1. The van der Waals surface area contributed by atoms with Gasteiger partial charge in [-0.3, -0.25) is 13.9 Å². The van der Waals surface area contributed by atoms with Crippen molar-refractivity contribution in [2.24, 2.45) is 0 Å². The number of halogens is 2. The second kappa shape index (κ2) is 14.8. The van der Waals surface area contributed by atoms with E-state index in [1.807, 2.05) is 51.1 Å². The Labute approximate surface area is 269 Å². The Balaban J connectivity index is 1.80. The highest BCUT2D eigenvalue weighted by Gasteiger charge is 2.35. The van der Waals surface area contributed by atoms with E-state index < -0.39 is 28.5 Å². The Hall–Kier alpha value is -3.85. The standard InChI is InChI=1S/C34H35Cl2N3O4S/c1-24(2)37-34(41)32(20-26-8-5-4-6-9-26)38(22-27-14-16-28(35)17-15-27)33(40)23-39(30-11-7-10-29(36)21-30)44(42,43)31-18-12-25(3)13-19-31/h4-19,21,24,32H,20,22-23H2,1-3H3,(H,37,41)/t32-/m0/s1. The zero-order chi connectivity index (χ0) is 31.9. The molecule has 0 spiro atoms. The lowest BCUT2D eigenvalue weighted by atomic mass is 10.0. The first-order chi connectivity index (χ1) is 20.9. The van der Waals surface area contributed by atoms with Gasteiger partial charge in [-0.05, 0) is 74.4 Å². The molecule has 0 aliphatic heterocycles. The van der Waals surface area contributed by atoms with Crippen LogP contribution in [0.4, 0.5) is 5.69 Å². The molecule has 0 unspecified atom stereocenters. The Morgan fingerprint density at radius 2 is 1.45 bits per heavy atom. The summed E-state index contributed by atoms with van der Waals surface area (Å²) in [5, 5.41) is 3.79. The normalized spacial score (nSPS) is 12.0. The van der Waals surface area contributed by atoms with Crippen LogP contribution < -0.4 is 9.62 Å².